The minimum Gasteiger partial charge on any atom is -0.312 e. The molecule has 2 rings (SSSR count). The summed E-state index contributed by atoms with van der Waals surface area (Å²) in [6, 6.07) is 10.0. The molecule has 3 nitrogen and oxygen atoms in total. The predicted octanol–water partition coefficient (Wildman–Crippen LogP) is 3.50. The van der Waals surface area contributed by atoms with Crippen molar-refractivity contribution >= 4 is 8.60 Å². The maximum absolute atomic E-state index is 5.58. The van der Waals surface area contributed by atoms with Gasteiger partial charge in [-0.2, -0.15) is 0 Å². The van der Waals surface area contributed by atoms with Crippen molar-refractivity contribution in [3.63, 3.8) is 0 Å². The molecular weight excluding hydrogens is 223 g/mol. The molecule has 0 aliphatic carbocycles. The topological polar surface area (TPSA) is 27.7 Å². The van der Waals surface area contributed by atoms with E-state index in [0.29, 0.717) is 19.8 Å². The first-order chi connectivity index (χ1) is 7.66. The van der Waals surface area contributed by atoms with Crippen LogP contribution >= 0.6 is 8.60 Å². The van der Waals surface area contributed by atoms with E-state index < -0.39 is 8.60 Å². The molecule has 1 aromatic carbocycles. The first kappa shape index (κ1) is 12.0. The highest BCUT2D eigenvalue weighted by molar-refractivity contribution is 7.41. The van der Waals surface area contributed by atoms with E-state index >= 15 is 0 Å². The number of hydrogen-bond acceptors (Lipinski definition) is 3. The summed E-state index contributed by atoms with van der Waals surface area (Å²) in [5, 5.41) is 0. The number of hydrogen-bond donors (Lipinski definition) is 0. The van der Waals surface area contributed by atoms with Crippen LogP contribution in [0.1, 0.15) is 19.4 Å². The average Bonchev–Trinajstić information content (AvgIpc) is 2.29. The van der Waals surface area contributed by atoms with E-state index in [1.807, 2.05) is 30.3 Å². The molecule has 0 unspecified atom stereocenters. The fourth-order valence-corrected chi connectivity index (χ4v) is 2.70. The smallest absolute Gasteiger partial charge is 0.312 e. The summed E-state index contributed by atoms with van der Waals surface area (Å²) >= 11 is 0. The second-order valence-corrected chi connectivity index (χ2v) is 5.92. The van der Waals surface area contributed by atoms with Crippen molar-refractivity contribution in [3.05, 3.63) is 35.9 Å². The molecule has 4 heteroatoms. The van der Waals surface area contributed by atoms with Gasteiger partial charge in [-0.1, -0.05) is 44.2 Å². The van der Waals surface area contributed by atoms with Crippen LogP contribution < -0.4 is 0 Å². The Kier molecular flexibility index (Phi) is 3.93. The second-order valence-electron chi connectivity index (χ2n) is 4.69. The summed E-state index contributed by atoms with van der Waals surface area (Å²) in [5.41, 5.74) is 1.25. The predicted molar refractivity (Wildman–Crippen MR) is 63.8 cm³/mol. The third kappa shape index (κ3) is 3.53. The molecule has 0 radical (unpaired) electrons. The molecule has 0 spiro atoms. The molecule has 0 amide bonds. The van der Waals surface area contributed by atoms with Gasteiger partial charge in [-0.3, -0.25) is 0 Å². The molecule has 16 heavy (non-hydrogen) atoms. The third-order valence-corrected chi connectivity index (χ3v) is 3.32. The van der Waals surface area contributed by atoms with Crippen LogP contribution in [0.25, 0.3) is 0 Å². The van der Waals surface area contributed by atoms with Crippen LogP contribution in [0.15, 0.2) is 30.3 Å². The summed E-state index contributed by atoms with van der Waals surface area (Å²) < 4.78 is 16.7. The van der Waals surface area contributed by atoms with Crippen LogP contribution in [0.2, 0.25) is 0 Å². The molecule has 88 valence electrons. The Bertz CT molecular complexity index is 316. The van der Waals surface area contributed by atoms with Crippen LogP contribution in [0.5, 0.6) is 0 Å². The van der Waals surface area contributed by atoms with Crippen molar-refractivity contribution in [2.24, 2.45) is 5.41 Å². The summed E-state index contributed by atoms with van der Waals surface area (Å²) in [6.45, 7) is 6.20. The zero-order valence-electron chi connectivity index (χ0n) is 9.68. The normalized spacial score (nSPS) is 20.9. The van der Waals surface area contributed by atoms with Gasteiger partial charge >= 0.3 is 8.60 Å². The van der Waals surface area contributed by atoms with Crippen molar-refractivity contribution in [1.29, 1.82) is 0 Å². The van der Waals surface area contributed by atoms with Crippen molar-refractivity contribution in [2.45, 2.75) is 20.5 Å². The monoisotopic (exact) mass is 240 g/mol. The second kappa shape index (κ2) is 5.24. The van der Waals surface area contributed by atoms with Crippen LogP contribution in [-0.2, 0) is 20.2 Å². The minimum absolute atomic E-state index is 0.106. The SMILES string of the molecule is CC1(C)COP(OCc2ccccc2)OC1. The van der Waals surface area contributed by atoms with Gasteiger partial charge in [0.2, 0.25) is 0 Å². The average molecular weight is 240 g/mol. The summed E-state index contributed by atoms with van der Waals surface area (Å²) in [7, 11) is -1.15. The molecule has 0 atom stereocenters. The third-order valence-electron chi connectivity index (χ3n) is 2.30. The maximum Gasteiger partial charge on any atom is 0.333 e. The van der Waals surface area contributed by atoms with Crippen molar-refractivity contribution in [3.8, 4) is 0 Å². The lowest BCUT2D eigenvalue weighted by Gasteiger charge is -2.32. The van der Waals surface area contributed by atoms with E-state index in [2.05, 4.69) is 13.8 Å². The van der Waals surface area contributed by atoms with Crippen LogP contribution in [0.3, 0.4) is 0 Å². The van der Waals surface area contributed by atoms with E-state index in [-0.39, 0.29) is 5.41 Å². The molecule has 0 aromatic heterocycles. The van der Waals surface area contributed by atoms with Gasteiger partial charge in [0.15, 0.2) is 0 Å². The molecule has 1 fully saturated rings. The van der Waals surface area contributed by atoms with Gasteiger partial charge in [0.05, 0.1) is 19.8 Å². The van der Waals surface area contributed by atoms with Gasteiger partial charge in [0.1, 0.15) is 0 Å². The largest absolute Gasteiger partial charge is 0.333 e. The van der Waals surface area contributed by atoms with Gasteiger partial charge in [-0.05, 0) is 5.56 Å². The fraction of sp³-hybridized carbons (Fsp3) is 0.500. The van der Waals surface area contributed by atoms with Gasteiger partial charge in [0.25, 0.3) is 0 Å². The minimum atomic E-state index is -1.15. The highest BCUT2D eigenvalue weighted by atomic mass is 31.2. The van der Waals surface area contributed by atoms with E-state index in [9.17, 15) is 0 Å². The standard InChI is InChI=1S/C12H17O3P/c1-12(2)9-14-16(15-10-12)13-8-11-6-4-3-5-7-11/h3-7H,8-10H2,1-2H3. The Balaban J connectivity index is 1.76. The Morgan fingerprint density at radius 1 is 1.19 bits per heavy atom. The molecular formula is C12H17O3P. The van der Waals surface area contributed by atoms with Crippen LogP contribution in [0.4, 0.5) is 0 Å². The Labute approximate surface area is 97.7 Å². The Hall–Kier alpha value is -0.470. The van der Waals surface area contributed by atoms with Crippen molar-refractivity contribution in [1.82, 2.24) is 0 Å². The summed E-state index contributed by atoms with van der Waals surface area (Å²) in [5.74, 6) is 0. The highest BCUT2D eigenvalue weighted by Crippen LogP contribution is 2.47. The first-order valence-corrected chi connectivity index (χ1v) is 6.48. The Morgan fingerprint density at radius 3 is 2.44 bits per heavy atom. The van der Waals surface area contributed by atoms with Crippen molar-refractivity contribution in [2.75, 3.05) is 13.2 Å². The van der Waals surface area contributed by atoms with Gasteiger partial charge in [-0.15, -0.1) is 0 Å². The molecule has 1 aromatic rings. The Morgan fingerprint density at radius 2 is 1.81 bits per heavy atom. The van der Waals surface area contributed by atoms with E-state index in [0.717, 1.165) is 5.56 Å². The zero-order valence-corrected chi connectivity index (χ0v) is 10.6. The first-order valence-electron chi connectivity index (χ1n) is 5.39. The fourth-order valence-electron chi connectivity index (χ4n) is 1.31. The number of rotatable bonds is 3. The van der Waals surface area contributed by atoms with Crippen LogP contribution in [0, 0.1) is 5.41 Å². The molecule has 0 bridgehead atoms. The molecule has 0 saturated carbocycles. The molecule has 0 N–H and O–H groups in total. The lowest BCUT2D eigenvalue weighted by Crippen LogP contribution is -2.28. The van der Waals surface area contributed by atoms with E-state index in [1.54, 1.807) is 0 Å². The van der Waals surface area contributed by atoms with Gasteiger partial charge in [-0.25, -0.2) is 0 Å². The molecule has 1 heterocycles. The van der Waals surface area contributed by atoms with E-state index in [4.69, 9.17) is 13.6 Å². The van der Waals surface area contributed by atoms with Crippen LogP contribution in [-0.4, -0.2) is 13.2 Å². The highest BCUT2D eigenvalue weighted by Gasteiger charge is 2.30. The zero-order chi connectivity index (χ0) is 11.4. The van der Waals surface area contributed by atoms with E-state index in [1.165, 1.54) is 0 Å². The quantitative estimate of drug-likeness (QED) is 0.757. The summed E-state index contributed by atoms with van der Waals surface area (Å²) in [4.78, 5) is 0. The van der Waals surface area contributed by atoms with Crippen molar-refractivity contribution < 1.29 is 13.6 Å². The molecule has 1 aliphatic rings. The lowest BCUT2D eigenvalue weighted by atomic mass is 9.97. The lowest BCUT2D eigenvalue weighted by molar-refractivity contribution is 0.0258. The molecule has 1 aliphatic heterocycles. The number of benzene rings is 1. The van der Waals surface area contributed by atoms with Gasteiger partial charge < -0.3 is 13.6 Å². The maximum atomic E-state index is 5.58. The van der Waals surface area contributed by atoms with Gasteiger partial charge in [0, 0.05) is 5.41 Å². The summed E-state index contributed by atoms with van der Waals surface area (Å²) in [6.07, 6.45) is 0. The molecule has 1 saturated heterocycles.